The van der Waals surface area contributed by atoms with Crippen molar-refractivity contribution in [3.8, 4) is 11.5 Å². The van der Waals surface area contributed by atoms with Crippen molar-refractivity contribution in [3.63, 3.8) is 0 Å². The number of ether oxygens (including phenoxy) is 2. The van der Waals surface area contributed by atoms with E-state index in [0.717, 1.165) is 37.8 Å². The minimum atomic E-state index is -0.0439. The van der Waals surface area contributed by atoms with Crippen LogP contribution in [-0.4, -0.2) is 38.3 Å². The topological polar surface area (TPSA) is 59.6 Å². The Morgan fingerprint density at radius 2 is 2.13 bits per heavy atom. The Hall–Kier alpha value is -1.17. The highest BCUT2D eigenvalue weighted by Gasteiger charge is 2.20. The molecule has 0 aromatic heterocycles. The van der Waals surface area contributed by atoms with Gasteiger partial charge in [-0.2, -0.15) is 0 Å². The maximum Gasteiger partial charge on any atom is 0.237 e. The Kier molecular flexibility index (Phi) is 6.81. The second-order valence-corrected chi connectivity index (χ2v) is 6.05. The molecule has 7 heteroatoms. The number of fused-ring (bicyclic) bond motifs is 1. The molecule has 2 N–H and O–H groups in total. The van der Waals surface area contributed by atoms with Gasteiger partial charge in [0.05, 0.1) is 11.1 Å². The molecule has 23 heavy (non-hydrogen) atoms. The van der Waals surface area contributed by atoms with E-state index in [1.807, 2.05) is 12.1 Å². The third-order valence-corrected chi connectivity index (χ3v) is 4.28. The number of carbonyl (C=O) groups is 1. The quantitative estimate of drug-likeness (QED) is 0.864. The largest absolute Gasteiger partial charge is 0.486 e. The van der Waals surface area contributed by atoms with E-state index in [1.54, 1.807) is 0 Å². The summed E-state index contributed by atoms with van der Waals surface area (Å²) in [7, 11) is 0. The Morgan fingerprint density at radius 1 is 1.30 bits per heavy atom. The molecular formula is C16H22Cl2N2O3. The van der Waals surface area contributed by atoms with Crippen LogP contribution in [0.2, 0.25) is 5.02 Å². The van der Waals surface area contributed by atoms with Crippen molar-refractivity contribution in [1.82, 2.24) is 10.6 Å². The zero-order valence-corrected chi connectivity index (χ0v) is 14.5. The highest BCUT2D eigenvalue weighted by Crippen LogP contribution is 2.38. The average Bonchev–Trinajstić information content (AvgIpc) is 2.56. The van der Waals surface area contributed by atoms with Crippen molar-refractivity contribution in [2.24, 2.45) is 0 Å². The fraction of sp³-hybridized carbons (Fsp3) is 0.562. The van der Waals surface area contributed by atoms with Crippen LogP contribution in [0.4, 0.5) is 0 Å². The van der Waals surface area contributed by atoms with Gasteiger partial charge in [0.15, 0.2) is 11.5 Å². The summed E-state index contributed by atoms with van der Waals surface area (Å²) >= 11 is 6.21. The lowest BCUT2D eigenvalue weighted by atomic mass is 10.0. The summed E-state index contributed by atoms with van der Waals surface area (Å²) in [5.74, 6) is 1.39. The van der Waals surface area contributed by atoms with E-state index in [1.165, 1.54) is 0 Å². The third kappa shape index (κ3) is 4.66. The first-order chi connectivity index (χ1) is 10.7. The minimum absolute atomic E-state index is 0. The van der Waals surface area contributed by atoms with Crippen LogP contribution in [0, 0.1) is 0 Å². The van der Waals surface area contributed by atoms with E-state index in [-0.39, 0.29) is 24.4 Å². The van der Waals surface area contributed by atoms with Gasteiger partial charge in [-0.15, -0.1) is 12.4 Å². The molecule has 0 bridgehead atoms. The number of carbonyl (C=O) groups excluding carboxylic acids is 1. The molecule has 1 saturated heterocycles. The molecule has 1 fully saturated rings. The first-order valence-corrected chi connectivity index (χ1v) is 8.21. The lowest BCUT2D eigenvalue weighted by Gasteiger charge is -2.22. The molecule has 0 radical (unpaired) electrons. The van der Waals surface area contributed by atoms with Gasteiger partial charge in [0.25, 0.3) is 0 Å². The van der Waals surface area contributed by atoms with Gasteiger partial charge >= 0.3 is 0 Å². The Morgan fingerprint density at radius 3 is 2.91 bits per heavy atom. The molecule has 0 aliphatic carbocycles. The zero-order valence-electron chi connectivity index (χ0n) is 12.9. The number of hydrogen-bond acceptors (Lipinski definition) is 4. The van der Waals surface area contributed by atoms with E-state index in [0.29, 0.717) is 36.3 Å². The molecule has 0 spiro atoms. The van der Waals surface area contributed by atoms with Gasteiger partial charge in [0, 0.05) is 6.54 Å². The van der Waals surface area contributed by atoms with Crippen LogP contribution in [0.25, 0.3) is 0 Å². The molecule has 5 nitrogen and oxygen atoms in total. The second-order valence-electron chi connectivity index (χ2n) is 5.65. The summed E-state index contributed by atoms with van der Waals surface area (Å²) < 4.78 is 11.1. The zero-order chi connectivity index (χ0) is 15.4. The highest BCUT2D eigenvalue weighted by atomic mass is 35.5. The maximum absolute atomic E-state index is 12.0. The van der Waals surface area contributed by atoms with Gasteiger partial charge in [-0.1, -0.05) is 18.0 Å². The number of piperidine rings is 1. The first kappa shape index (κ1) is 18.2. The Labute approximate surface area is 147 Å². The van der Waals surface area contributed by atoms with Crippen molar-refractivity contribution in [2.75, 3.05) is 26.3 Å². The van der Waals surface area contributed by atoms with Gasteiger partial charge in [-0.3, -0.25) is 4.79 Å². The van der Waals surface area contributed by atoms with Gasteiger partial charge in [0.1, 0.15) is 13.2 Å². The summed E-state index contributed by atoms with van der Waals surface area (Å²) in [5.41, 5.74) is 1.03. The van der Waals surface area contributed by atoms with Crippen LogP contribution in [0.3, 0.4) is 0 Å². The van der Waals surface area contributed by atoms with Gasteiger partial charge in [-0.25, -0.2) is 0 Å². The summed E-state index contributed by atoms with van der Waals surface area (Å²) in [6.07, 6.45) is 3.90. The van der Waals surface area contributed by atoms with Crippen molar-refractivity contribution in [2.45, 2.75) is 31.7 Å². The van der Waals surface area contributed by atoms with Crippen LogP contribution in [0.1, 0.15) is 24.8 Å². The maximum atomic E-state index is 12.0. The summed E-state index contributed by atoms with van der Waals surface area (Å²) in [6.45, 7) is 2.58. The van der Waals surface area contributed by atoms with Crippen molar-refractivity contribution < 1.29 is 14.3 Å². The van der Waals surface area contributed by atoms with E-state index in [9.17, 15) is 4.79 Å². The first-order valence-electron chi connectivity index (χ1n) is 7.83. The van der Waals surface area contributed by atoms with Crippen LogP contribution in [0.5, 0.6) is 11.5 Å². The molecule has 1 unspecified atom stereocenters. The Bertz CT molecular complexity index is 548. The monoisotopic (exact) mass is 360 g/mol. The average molecular weight is 361 g/mol. The van der Waals surface area contributed by atoms with Crippen LogP contribution in [-0.2, 0) is 11.2 Å². The number of amides is 1. The molecular weight excluding hydrogens is 339 g/mol. The number of halogens is 2. The number of nitrogens with one attached hydrogen (secondary N) is 2. The Balaban J connectivity index is 0.00000192. The van der Waals surface area contributed by atoms with Crippen molar-refractivity contribution in [1.29, 1.82) is 0 Å². The van der Waals surface area contributed by atoms with E-state index in [4.69, 9.17) is 21.1 Å². The molecule has 1 atom stereocenters. The third-order valence-electron chi connectivity index (χ3n) is 4.00. The summed E-state index contributed by atoms with van der Waals surface area (Å²) in [5, 5.41) is 6.79. The van der Waals surface area contributed by atoms with Gasteiger partial charge < -0.3 is 20.1 Å². The molecule has 2 aliphatic heterocycles. The lowest BCUT2D eigenvalue weighted by Crippen LogP contribution is -2.47. The SMILES string of the molecule is Cl.O=C(NCCc1cc(Cl)c2c(c1)OCCO2)C1CCCCN1. The van der Waals surface area contributed by atoms with Crippen molar-refractivity contribution >= 4 is 29.9 Å². The molecule has 128 valence electrons. The van der Waals surface area contributed by atoms with Crippen LogP contribution in [0.15, 0.2) is 12.1 Å². The molecule has 1 amide bonds. The van der Waals surface area contributed by atoms with E-state index in [2.05, 4.69) is 10.6 Å². The lowest BCUT2D eigenvalue weighted by molar-refractivity contribution is -0.123. The molecule has 2 heterocycles. The predicted molar refractivity (Wildman–Crippen MR) is 92.0 cm³/mol. The minimum Gasteiger partial charge on any atom is -0.486 e. The van der Waals surface area contributed by atoms with Crippen LogP contribution < -0.4 is 20.1 Å². The molecule has 0 saturated carbocycles. The highest BCUT2D eigenvalue weighted by molar-refractivity contribution is 6.32. The molecule has 3 rings (SSSR count). The van der Waals surface area contributed by atoms with E-state index < -0.39 is 0 Å². The smallest absolute Gasteiger partial charge is 0.237 e. The second kappa shape index (κ2) is 8.62. The fourth-order valence-electron chi connectivity index (χ4n) is 2.84. The number of hydrogen-bond donors (Lipinski definition) is 2. The predicted octanol–water partition coefficient (Wildman–Crippen LogP) is 2.33. The fourth-order valence-corrected chi connectivity index (χ4v) is 3.13. The number of benzene rings is 1. The van der Waals surface area contributed by atoms with Crippen LogP contribution >= 0.6 is 24.0 Å². The molecule has 1 aromatic rings. The van der Waals surface area contributed by atoms with Gasteiger partial charge in [-0.05, 0) is 43.5 Å². The summed E-state index contributed by atoms with van der Waals surface area (Å²) in [4.78, 5) is 12.0. The molecule has 1 aromatic carbocycles. The summed E-state index contributed by atoms with van der Waals surface area (Å²) in [6, 6.07) is 3.77. The van der Waals surface area contributed by atoms with E-state index >= 15 is 0 Å². The normalized spacial score (nSPS) is 19.6. The number of rotatable bonds is 4. The van der Waals surface area contributed by atoms with Crippen molar-refractivity contribution in [3.05, 3.63) is 22.7 Å². The van der Waals surface area contributed by atoms with Gasteiger partial charge in [0.2, 0.25) is 5.91 Å². The molecule has 2 aliphatic rings. The standard InChI is InChI=1S/C16H21ClN2O3.ClH/c17-12-9-11(10-14-15(12)22-8-7-21-14)4-6-19-16(20)13-3-1-2-5-18-13;/h9-10,13,18H,1-8H2,(H,19,20);1H.